The van der Waals surface area contributed by atoms with Crippen LogP contribution in [0.25, 0.3) is 44.7 Å². The number of nitrogen functional groups attached to an aromatic ring is 2. The SMILES string of the molecule is CC1=C/C(=C/c2cc(C)c(N)cc2[NH2+]c2ccccc2)CC=C1NCCCCCCNC(=O)c1ccc(-c2ccc(C(=O)NCCCCCCNc3cc4c(cc3C)cc3cc(C)c(N)cc3[n+]4-c3ccccc3)cc2)cc1. The Kier molecular flexibility index (Phi) is 18.1. The molecule has 1 aliphatic rings. The fourth-order valence-corrected chi connectivity index (χ4v) is 10.4. The first-order chi connectivity index (χ1) is 38.0. The number of pyridine rings is 1. The van der Waals surface area contributed by atoms with Gasteiger partial charge >= 0.3 is 0 Å². The van der Waals surface area contributed by atoms with Gasteiger partial charge in [0.2, 0.25) is 16.7 Å². The Morgan fingerprint density at radius 2 is 1.08 bits per heavy atom. The molecular formula is C68H76N8O2+2. The molecule has 10 N–H and O–H groups in total. The molecule has 7 aromatic carbocycles. The molecule has 2 amide bonds. The number of unbranched alkanes of at least 4 members (excludes halogenated alkanes) is 6. The van der Waals surface area contributed by atoms with Crippen LogP contribution in [-0.4, -0.2) is 38.0 Å². The molecule has 1 aromatic heterocycles. The van der Waals surface area contributed by atoms with E-state index in [-0.39, 0.29) is 11.8 Å². The molecule has 0 atom stereocenters. The van der Waals surface area contributed by atoms with Crippen molar-refractivity contribution in [3.8, 4) is 16.8 Å². The van der Waals surface area contributed by atoms with Crippen LogP contribution in [0.4, 0.5) is 28.4 Å². The standard InChI is InChI=1S/C68H74N8O2/c1-46-38-55(64(43-60(46)69)75-58-19-11-9-12-20-58)41-50-23-32-62(48(3)37-50)71-33-15-5-7-17-35-73-67(77)53-28-24-51(25-29-53)52-26-30-54(31-27-52)68(78)74-36-18-8-6-16-34-72-63-45-66-57(40-49(63)4)42-56-39-47(2)61(70)44-65(56)76(66)59-21-13-10-14-22-59/h9-14,19-22,24-32,37-45,71,75H,5-8,15-18,23,33-36,69H2,1-4H3,(H4,70,72,73,74,77,78)/p+2/b50-41+. The summed E-state index contributed by atoms with van der Waals surface area (Å²) in [6.45, 7) is 11.5. The lowest BCUT2D eigenvalue weighted by Gasteiger charge is -2.17. The van der Waals surface area contributed by atoms with E-state index in [9.17, 15) is 9.59 Å². The van der Waals surface area contributed by atoms with Crippen LogP contribution in [0, 0.1) is 20.8 Å². The Hall–Kier alpha value is -8.47. The normalized spacial score (nSPS) is 12.8. The van der Waals surface area contributed by atoms with Gasteiger partial charge in [-0.15, -0.1) is 0 Å². The van der Waals surface area contributed by atoms with Crippen molar-refractivity contribution < 1.29 is 19.5 Å². The molecule has 0 saturated carbocycles. The molecule has 0 fully saturated rings. The zero-order valence-electron chi connectivity index (χ0n) is 45.9. The molecular weight excluding hydrogens is 961 g/mol. The Morgan fingerprint density at radius 3 is 1.68 bits per heavy atom. The summed E-state index contributed by atoms with van der Waals surface area (Å²) in [5.41, 5.74) is 32.6. The van der Waals surface area contributed by atoms with Gasteiger partial charge in [-0.1, -0.05) is 98.5 Å². The van der Waals surface area contributed by atoms with Crippen LogP contribution in [0.2, 0.25) is 0 Å². The summed E-state index contributed by atoms with van der Waals surface area (Å²) in [5, 5.41) is 18.1. The van der Waals surface area contributed by atoms with Crippen molar-refractivity contribution in [3.05, 3.63) is 214 Å². The van der Waals surface area contributed by atoms with Crippen LogP contribution in [-0.2, 0) is 0 Å². The zero-order chi connectivity index (χ0) is 54.4. The van der Waals surface area contributed by atoms with Crippen molar-refractivity contribution in [1.82, 2.24) is 16.0 Å². The molecule has 78 heavy (non-hydrogen) atoms. The maximum Gasteiger partial charge on any atom is 0.251 e. The number of hydrogen-bond acceptors (Lipinski definition) is 6. The number of carbonyl (C=O) groups is 2. The van der Waals surface area contributed by atoms with Crippen molar-refractivity contribution in [3.63, 3.8) is 0 Å². The lowest BCUT2D eigenvalue weighted by Crippen LogP contribution is -2.71. The number of para-hydroxylation sites is 2. The number of quaternary nitrogens is 1. The summed E-state index contributed by atoms with van der Waals surface area (Å²) in [6, 6.07) is 51.5. The van der Waals surface area contributed by atoms with E-state index in [1.54, 1.807) is 0 Å². The first kappa shape index (κ1) is 54.3. The van der Waals surface area contributed by atoms with Crippen LogP contribution in [0.3, 0.4) is 0 Å². The number of aromatic nitrogens is 1. The molecule has 0 unspecified atom stereocenters. The third-order valence-electron chi connectivity index (χ3n) is 14.9. The van der Waals surface area contributed by atoms with Gasteiger partial charge in [0, 0.05) is 107 Å². The van der Waals surface area contributed by atoms with Gasteiger partial charge in [-0.2, -0.15) is 4.57 Å². The Bertz CT molecular complexity index is 3490. The maximum absolute atomic E-state index is 13.0. The van der Waals surface area contributed by atoms with E-state index in [0.29, 0.717) is 24.2 Å². The number of nitrogens with one attached hydrogen (secondary N) is 4. The number of fused-ring (bicyclic) bond motifs is 2. The largest absolute Gasteiger partial charge is 0.398 e. The minimum atomic E-state index is -0.0666. The van der Waals surface area contributed by atoms with Crippen LogP contribution < -0.4 is 42.6 Å². The van der Waals surface area contributed by atoms with Crippen LogP contribution >= 0.6 is 0 Å². The van der Waals surface area contributed by atoms with Crippen LogP contribution in [0.1, 0.15) is 108 Å². The highest BCUT2D eigenvalue weighted by molar-refractivity contribution is 5.96. The second-order valence-electron chi connectivity index (χ2n) is 20.9. The molecule has 8 aromatic rings. The van der Waals surface area contributed by atoms with Crippen molar-refractivity contribution in [1.29, 1.82) is 0 Å². The number of rotatable bonds is 23. The van der Waals surface area contributed by atoms with Gasteiger partial charge in [0.25, 0.3) is 11.8 Å². The van der Waals surface area contributed by atoms with Crippen LogP contribution in [0.5, 0.6) is 0 Å². The van der Waals surface area contributed by atoms with E-state index >= 15 is 0 Å². The molecule has 0 saturated heterocycles. The zero-order valence-corrected chi connectivity index (χ0v) is 45.9. The van der Waals surface area contributed by atoms with Gasteiger partial charge in [-0.25, -0.2) is 0 Å². The Balaban J connectivity index is 0.639. The molecule has 9 rings (SSSR count). The number of hydrogen-bond donors (Lipinski definition) is 7. The van der Waals surface area contributed by atoms with E-state index in [2.05, 4.69) is 168 Å². The lowest BCUT2D eigenvalue weighted by molar-refractivity contribution is -0.537. The van der Waals surface area contributed by atoms with E-state index < -0.39 is 0 Å². The van der Waals surface area contributed by atoms with Crippen molar-refractivity contribution in [2.75, 3.05) is 43.0 Å². The molecule has 0 aliphatic heterocycles. The van der Waals surface area contributed by atoms with Gasteiger partial charge in [-0.3, -0.25) is 14.9 Å². The summed E-state index contributed by atoms with van der Waals surface area (Å²) in [6.07, 6.45) is 15.9. The number of anilines is 3. The second kappa shape index (κ2) is 26.1. The molecule has 0 radical (unpaired) electrons. The number of carbonyl (C=O) groups excluding carboxylic acids is 2. The second-order valence-corrected chi connectivity index (χ2v) is 20.9. The van der Waals surface area contributed by atoms with E-state index in [1.807, 2.05) is 60.7 Å². The molecule has 0 spiro atoms. The maximum atomic E-state index is 13.0. The fourth-order valence-electron chi connectivity index (χ4n) is 10.4. The summed E-state index contributed by atoms with van der Waals surface area (Å²) >= 11 is 0. The predicted octanol–water partition coefficient (Wildman–Crippen LogP) is 13.2. The number of aryl methyl sites for hydroxylation is 3. The summed E-state index contributed by atoms with van der Waals surface area (Å²) in [5.74, 6) is -0.129. The monoisotopic (exact) mass is 1040 g/mol. The number of nitrogens with zero attached hydrogens (tertiary/aromatic N) is 1. The van der Waals surface area contributed by atoms with Gasteiger partial charge in [0.15, 0.2) is 0 Å². The summed E-state index contributed by atoms with van der Waals surface area (Å²) in [4.78, 5) is 26.0. The number of allylic oxidation sites excluding steroid dienone is 4. The number of benzene rings is 7. The third kappa shape index (κ3) is 13.9. The number of nitrogens with two attached hydrogens (primary N) is 3. The third-order valence-corrected chi connectivity index (χ3v) is 14.9. The average molecular weight is 1040 g/mol. The average Bonchev–Trinajstić information content (AvgIpc) is 3.60. The highest BCUT2D eigenvalue weighted by atomic mass is 16.2. The fraction of sp³-hybridized carbons (Fsp3) is 0.250. The number of amides is 2. The molecule has 10 nitrogen and oxygen atoms in total. The molecule has 1 heterocycles. The van der Waals surface area contributed by atoms with Crippen molar-refractivity contribution >= 4 is 68.1 Å². The minimum absolute atomic E-state index is 0.0621. The van der Waals surface area contributed by atoms with E-state index in [1.165, 1.54) is 33.4 Å². The smallest absolute Gasteiger partial charge is 0.251 e. The first-order valence-corrected chi connectivity index (χ1v) is 27.9. The highest BCUT2D eigenvalue weighted by Crippen LogP contribution is 2.30. The molecule has 1 aliphatic carbocycles. The topological polar surface area (TPSA) is 155 Å². The van der Waals surface area contributed by atoms with Crippen LogP contribution in [0.15, 0.2) is 181 Å². The quantitative estimate of drug-likeness (QED) is 0.0146. The Labute approximate surface area is 460 Å². The van der Waals surface area contributed by atoms with E-state index in [0.717, 1.165) is 144 Å². The summed E-state index contributed by atoms with van der Waals surface area (Å²) in [7, 11) is 0. The molecule has 398 valence electrons. The van der Waals surface area contributed by atoms with Gasteiger partial charge < -0.3 is 32.7 Å². The van der Waals surface area contributed by atoms with Gasteiger partial charge in [0.1, 0.15) is 11.4 Å². The highest BCUT2D eigenvalue weighted by Gasteiger charge is 2.21. The van der Waals surface area contributed by atoms with Crippen molar-refractivity contribution in [2.24, 2.45) is 0 Å². The lowest BCUT2D eigenvalue weighted by atomic mass is 9.96. The Morgan fingerprint density at radius 1 is 0.551 bits per heavy atom. The van der Waals surface area contributed by atoms with Gasteiger partial charge in [-0.05, 0) is 166 Å². The van der Waals surface area contributed by atoms with Gasteiger partial charge in [0.05, 0.1) is 0 Å². The molecule has 10 heteroatoms. The summed E-state index contributed by atoms with van der Waals surface area (Å²) < 4.78 is 2.31. The minimum Gasteiger partial charge on any atom is -0.398 e. The predicted molar refractivity (Wildman–Crippen MR) is 325 cm³/mol. The van der Waals surface area contributed by atoms with E-state index in [4.69, 9.17) is 11.5 Å². The molecule has 0 bridgehead atoms. The first-order valence-electron chi connectivity index (χ1n) is 27.9. The van der Waals surface area contributed by atoms with Crippen molar-refractivity contribution in [2.45, 2.75) is 85.5 Å².